The van der Waals surface area contributed by atoms with Gasteiger partial charge in [0.1, 0.15) is 0 Å². The van der Waals surface area contributed by atoms with Gasteiger partial charge in [0.2, 0.25) is 0 Å². The van der Waals surface area contributed by atoms with Crippen LogP contribution in [0.3, 0.4) is 0 Å². The number of likely N-dealkylation sites (tertiary alicyclic amines) is 1. The van der Waals surface area contributed by atoms with Crippen LogP contribution in [0.15, 0.2) is 0 Å². The van der Waals surface area contributed by atoms with Crippen molar-refractivity contribution in [2.75, 3.05) is 46.4 Å². The normalized spacial score (nSPS) is 23.1. The van der Waals surface area contributed by atoms with Gasteiger partial charge in [-0.15, -0.1) is 0 Å². The summed E-state index contributed by atoms with van der Waals surface area (Å²) in [5, 5.41) is 3.54. The summed E-state index contributed by atoms with van der Waals surface area (Å²) in [7, 11) is 1.75. The van der Waals surface area contributed by atoms with Crippen LogP contribution in [0.5, 0.6) is 0 Å². The Morgan fingerprint density at radius 3 is 3.14 bits per heavy atom. The molecule has 84 valence electrons. The molecule has 0 aromatic rings. The molecule has 0 spiro atoms. The summed E-state index contributed by atoms with van der Waals surface area (Å²) < 4.78 is 5.00. The molecule has 0 aromatic heterocycles. The molecular formula is C10H23N3O. The van der Waals surface area contributed by atoms with Gasteiger partial charge >= 0.3 is 0 Å². The Labute approximate surface area is 86.8 Å². The van der Waals surface area contributed by atoms with Crippen LogP contribution in [-0.2, 0) is 4.74 Å². The van der Waals surface area contributed by atoms with Gasteiger partial charge in [0, 0.05) is 39.4 Å². The molecule has 1 rings (SSSR count). The second kappa shape index (κ2) is 7.17. The first-order valence-electron chi connectivity index (χ1n) is 5.51. The van der Waals surface area contributed by atoms with Gasteiger partial charge in [-0.1, -0.05) is 0 Å². The van der Waals surface area contributed by atoms with Crippen molar-refractivity contribution in [1.29, 1.82) is 0 Å². The van der Waals surface area contributed by atoms with Crippen LogP contribution in [-0.4, -0.2) is 57.4 Å². The van der Waals surface area contributed by atoms with Crippen molar-refractivity contribution in [2.24, 2.45) is 5.73 Å². The molecule has 4 heteroatoms. The number of methoxy groups -OCH3 is 1. The Bertz CT molecular complexity index is 143. The first-order valence-corrected chi connectivity index (χ1v) is 5.51. The highest BCUT2D eigenvalue weighted by molar-refractivity contribution is 4.80. The van der Waals surface area contributed by atoms with E-state index in [4.69, 9.17) is 10.5 Å². The Morgan fingerprint density at radius 1 is 1.57 bits per heavy atom. The fourth-order valence-corrected chi connectivity index (χ4v) is 1.91. The van der Waals surface area contributed by atoms with E-state index in [1.54, 1.807) is 7.11 Å². The summed E-state index contributed by atoms with van der Waals surface area (Å²) in [5.41, 5.74) is 5.51. The average molecular weight is 201 g/mol. The molecule has 0 radical (unpaired) electrons. The Balaban J connectivity index is 1.98. The lowest BCUT2D eigenvalue weighted by Crippen LogP contribution is -2.35. The van der Waals surface area contributed by atoms with E-state index in [0.717, 1.165) is 39.2 Å². The van der Waals surface area contributed by atoms with Gasteiger partial charge in [0.25, 0.3) is 0 Å². The topological polar surface area (TPSA) is 50.5 Å². The average Bonchev–Trinajstić information content (AvgIpc) is 2.61. The fraction of sp³-hybridized carbons (Fsp3) is 1.00. The molecule has 1 atom stereocenters. The smallest absolute Gasteiger partial charge is 0.0474 e. The molecule has 0 aromatic carbocycles. The summed E-state index contributed by atoms with van der Waals surface area (Å²) in [6, 6.07) is 0.665. The molecule has 0 aliphatic carbocycles. The molecule has 1 fully saturated rings. The second-order valence-electron chi connectivity index (χ2n) is 3.88. The van der Waals surface area contributed by atoms with Gasteiger partial charge in [0.15, 0.2) is 0 Å². The van der Waals surface area contributed by atoms with E-state index in [9.17, 15) is 0 Å². The van der Waals surface area contributed by atoms with E-state index in [-0.39, 0.29) is 0 Å². The number of nitrogens with zero attached hydrogens (tertiary/aromatic N) is 1. The van der Waals surface area contributed by atoms with Crippen molar-refractivity contribution in [3.05, 3.63) is 0 Å². The minimum absolute atomic E-state index is 0.665. The number of ether oxygens (including phenoxy) is 1. The molecule has 0 bridgehead atoms. The molecule has 1 saturated heterocycles. The highest BCUT2D eigenvalue weighted by atomic mass is 16.5. The van der Waals surface area contributed by atoms with Gasteiger partial charge in [-0.3, -0.25) is 0 Å². The monoisotopic (exact) mass is 201 g/mol. The van der Waals surface area contributed by atoms with Crippen molar-refractivity contribution in [2.45, 2.75) is 18.9 Å². The largest absolute Gasteiger partial charge is 0.385 e. The van der Waals surface area contributed by atoms with E-state index >= 15 is 0 Å². The van der Waals surface area contributed by atoms with Crippen LogP contribution in [0.2, 0.25) is 0 Å². The van der Waals surface area contributed by atoms with Crippen LogP contribution in [0.1, 0.15) is 12.8 Å². The van der Waals surface area contributed by atoms with Crippen molar-refractivity contribution < 1.29 is 4.74 Å². The maximum atomic E-state index is 5.51. The fourth-order valence-electron chi connectivity index (χ4n) is 1.91. The molecule has 14 heavy (non-hydrogen) atoms. The lowest BCUT2D eigenvalue weighted by Gasteiger charge is -2.15. The molecule has 1 unspecified atom stereocenters. The van der Waals surface area contributed by atoms with Crippen molar-refractivity contribution in [3.63, 3.8) is 0 Å². The highest BCUT2D eigenvalue weighted by Crippen LogP contribution is 2.07. The third kappa shape index (κ3) is 4.37. The molecule has 0 amide bonds. The Morgan fingerprint density at radius 2 is 2.43 bits per heavy atom. The number of rotatable bonds is 7. The predicted octanol–water partition coefficient (Wildman–Crippen LogP) is -0.354. The minimum atomic E-state index is 0.665. The predicted molar refractivity (Wildman–Crippen MR) is 58.4 cm³/mol. The number of hydrogen-bond donors (Lipinski definition) is 2. The van der Waals surface area contributed by atoms with Crippen LogP contribution >= 0.6 is 0 Å². The maximum absolute atomic E-state index is 5.51. The maximum Gasteiger partial charge on any atom is 0.0474 e. The second-order valence-corrected chi connectivity index (χ2v) is 3.88. The molecule has 1 aliphatic rings. The number of nitrogens with one attached hydrogen (secondary N) is 1. The summed E-state index contributed by atoms with van der Waals surface area (Å²) in [6.45, 7) is 6.08. The molecule has 1 aliphatic heterocycles. The number of hydrogen-bond acceptors (Lipinski definition) is 4. The summed E-state index contributed by atoms with van der Waals surface area (Å²) in [4.78, 5) is 2.42. The van der Waals surface area contributed by atoms with E-state index in [1.807, 2.05) is 0 Å². The summed E-state index contributed by atoms with van der Waals surface area (Å²) >= 11 is 0. The number of nitrogens with two attached hydrogens (primary N) is 1. The van der Waals surface area contributed by atoms with Crippen molar-refractivity contribution in [1.82, 2.24) is 10.2 Å². The Kier molecular flexibility index (Phi) is 6.10. The Hall–Kier alpha value is -0.160. The van der Waals surface area contributed by atoms with Crippen LogP contribution in [0.4, 0.5) is 0 Å². The van der Waals surface area contributed by atoms with Crippen molar-refractivity contribution >= 4 is 0 Å². The lowest BCUT2D eigenvalue weighted by atomic mass is 10.2. The van der Waals surface area contributed by atoms with Gasteiger partial charge in [0.05, 0.1) is 0 Å². The molecule has 3 N–H and O–H groups in total. The minimum Gasteiger partial charge on any atom is -0.385 e. The standard InChI is InChI=1S/C10H23N3O/c1-14-8-2-5-12-10-3-6-13(9-10)7-4-11/h10,12H,2-9,11H2,1H3. The molecule has 4 nitrogen and oxygen atoms in total. The van der Waals surface area contributed by atoms with E-state index in [2.05, 4.69) is 10.2 Å². The van der Waals surface area contributed by atoms with Gasteiger partial charge in [-0.05, 0) is 25.9 Å². The van der Waals surface area contributed by atoms with Gasteiger partial charge in [-0.25, -0.2) is 0 Å². The van der Waals surface area contributed by atoms with Gasteiger partial charge < -0.3 is 20.7 Å². The zero-order valence-corrected chi connectivity index (χ0v) is 9.17. The third-order valence-electron chi connectivity index (χ3n) is 2.68. The summed E-state index contributed by atoms with van der Waals surface area (Å²) in [5.74, 6) is 0. The highest BCUT2D eigenvalue weighted by Gasteiger charge is 2.20. The SMILES string of the molecule is COCCCNC1CCN(CCN)C1. The van der Waals surface area contributed by atoms with E-state index in [1.165, 1.54) is 13.0 Å². The third-order valence-corrected chi connectivity index (χ3v) is 2.68. The van der Waals surface area contributed by atoms with E-state index < -0.39 is 0 Å². The zero-order valence-electron chi connectivity index (χ0n) is 9.17. The lowest BCUT2D eigenvalue weighted by molar-refractivity contribution is 0.193. The summed E-state index contributed by atoms with van der Waals surface area (Å²) in [6.07, 6.45) is 2.36. The first kappa shape index (κ1) is 11.9. The molecule has 0 saturated carbocycles. The van der Waals surface area contributed by atoms with Crippen LogP contribution < -0.4 is 11.1 Å². The van der Waals surface area contributed by atoms with Crippen LogP contribution in [0, 0.1) is 0 Å². The van der Waals surface area contributed by atoms with Gasteiger partial charge in [-0.2, -0.15) is 0 Å². The first-order chi connectivity index (χ1) is 6.86. The van der Waals surface area contributed by atoms with E-state index in [0.29, 0.717) is 6.04 Å². The van der Waals surface area contributed by atoms with Crippen molar-refractivity contribution in [3.8, 4) is 0 Å². The zero-order chi connectivity index (χ0) is 10.2. The van der Waals surface area contributed by atoms with Crippen LogP contribution in [0.25, 0.3) is 0 Å². The quantitative estimate of drug-likeness (QED) is 0.553. The molecule has 1 heterocycles. The molecular weight excluding hydrogens is 178 g/mol.